The minimum Gasteiger partial charge on any atom is -0.336 e. The number of hydrogen-bond donors (Lipinski definition) is 5. The van der Waals surface area contributed by atoms with E-state index in [0.29, 0.717) is 0 Å². The van der Waals surface area contributed by atoms with Crippen molar-refractivity contribution in [3.63, 3.8) is 0 Å². The topological polar surface area (TPSA) is 179 Å². The van der Waals surface area contributed by atoms with Gasteiger partial charge in [0.05, 0.1) is 0 Å². The summed E-state index contributed by atoms with van der Waals surface area (Å²) in [5, 5.41) is 7.55. The summed E-state index contributed by atoms with van der Waals surface area (Å²) in [7, 11) is -9.43. The molecule has 0 heterocycles. The van der Waals surface area contributed by atoms with Crippen LogP contribution < -0.4 is 16.0 Å². The van der Waals surface area contributed by atoms with E-state index in [1.54, 1.807) is 27.7 Å². The standard InChI is InChI=1S/C22H27N3O8S2/c1-13(2)21(26)24-17-9-7-15(19(11-17)34(28,29)30)5-6-16-8-10-18(12-20(16)35(31,32)33)25-22(27)23-14(3)4/h5-14H,1-4H3,(H,24,26)(H2,23,25,27)(H,28,29,30)(H,31,32,33)/b6-5+. The summed E-state index contributed by atoms with van der Waals surface area (Å²) in [5.74, 6) is -0.723. The zero-order valence-electron chi connectivity index (χ0n) is 19.4. The third-order valence-corrected chi connectivity index (χ3v) is 6.31. The van der Waals surface area contributed by atoms with E-state index in [9.17, 15) is 35.5 Å². The Hall–Kier alpha value is -3.26. The lowest BCUT2D eigenvalue weighted by Crippen LogP contribution is -2.34. The third kappa shape index (κ3) is 8.17. The van der Waals surface area contributed by atoms with Gasteiger partial charge in [-0.1, -0.05) is 38.1 Å². The molecule has 0 atom stereocenters. The summed E-state index contributed by atoms with van der Waals surface area (Å²) in [6.07, 6.45) is 2.44. The molecule has 0 fully saturated rings. The Morgan fingerprint density at radius 3 is 1.57 bits per heavy atom. The van der Waals surface area contributed by atoms with E-state index in [2.05, 4.69) is 16.0 Å². The first-order chi connectivity index (χ1) is 16.1. The number of nitrogens with one attached hydrogen (secondary N) is 3. The lowest BCUT2D eigenvalue weighted by atomic mass is 10.1. The van der Waals surface area contributed by atoms with Gasteiger partial charge in [0, 0.05) is 23.3 Å². The summed E-state index contributed by atoms with van der Waals surface area (Å²) >= 11 is 0. The van der Waals surface area contributed by atoms with Gasteiger partial charge in [0.15, 0.2) is 0 Å². The highest BCUT2D eigenvalue weighted by Gasteiger charge is 2.18. The Kier molecular flexibility index (Phi) is 8.79. The predicted octanol–water partition coefficient (Wildman–Crippen LogP) is 3.47. The highest BCUT2D eigenvalue weighted by atomic mass is 32.2. The molecule has 0 saturated heterocycles. The van der Waals surface area contributed by atoms with Crippen LogP contribution >= 0.6 is 0 Å². The first-order valence-corrected chi connectivity index (χ1v) is 13.3. The Morgan fingerprint density at radius 2 is 1.20 bits per heavy atom. The molecule has 0 aliphatic rings. The second-order valence-electron chi connectivity index (χ2n) is 8.19. The zero-order chi connectivity index (χ0) is 26.6. The molecule has 0 aromatic heterocycles. The Morgan fingerprint density at radius 1 is 0.771 bits per heavy atom. The van der Waals surface area contributed by atoms with Gasteiger partial charge in [0.1, 0.15) is 9.79 Å². The summed E-state index contributed by atoms with van der Waals surface area (Å²) in [5.41, 5.74) is 0.217. The molecule has 0 saturated carbocycles. The highest BCUT2D eigenvalue weighted by Crippen LogP contribution is 2.26. The van der Waals surface area contributed by atoms with Crippen LogP contribution in [-0.4, -0.2) is 43.9 Å². The molecule has 0 spiro atoms. The quantitative estimate of drug-likeness (QED) is 0.257. The lowest BCUT2D eigenvalue weighted by Gasteiger charge is -2.12. The molecular formula is C22H27N3O8S2. The SMILES string of the molecule is CC(C)NC(=O)Nc1ccc(/C=C/c2ccc(NC(=O)C(C)C)cc2S(=O)(=O)O)c(S(=O)(=O)O)c1. The van der Waals surface area contributed by atoms with Crippen LogP contribution in [0.1, 0.15) is 38.8 Å². The second-order valence-corrected chi connectivity index (χ2v) is 11.0. The van der Waals surface area contributed by atoms with Gasteiger partial charge < -0.3 is 16.0 Å². The van der Waals surface area contributed by atoms with Crippen molar-refractivity contribution in [1.82, 2.24) is 5.32 Å². The van der Waals surface area contributed by atoms with Crippen molar-refractivity contribution in [1.29, 1.82) is 0 Å². The van der Waals surface area contributed by atoms with E-state index in [1.165, 1.54) is 36.4 Å². The fourth-order valence-corrected chi connectivity index (χ4v) is 4.26. The lowest BCUT2D eigenvalue weighted by molar-refractivity contribution is -0.118. The molecule has 0 bridgehead atoms. The summed E-state index contributed by atoms with van der Waals surface area (Å²) < 4.78 is 67.0. The van der Waals surface area contributed by atoms with Crippen molar-refractivity contribution in [2.24, 2.45) is 5.92 Å². The molecule has 0 radical (unpaired) electrons. The fraction of sp³-hybridized carbons (Fsp3) is 0.273. The van der Waals surface area contributed by atoms with Gasteiger partial charge in [-0.05, 0) is 49.2 Å². The molecular weight excluding hydrogens is 498 g/mol. The molecule has 35 heavy (non-hydrogen) atoms. The molecule has 11 nitrogen and oxygen atoms in total. The van der Waals surface area contributed by atoms with Crippen molar-refractivity contribution >= 4 is 55.7 Å². The van der Waals surface area contributed by atoms with Crippen molar-refractivity contribution in [2.75, 3.05) is 10.6 Å². The van der Waals surface area contributed by atoms with Crippen LogP contribution in [0.15, 0.2) is 46.2 Å². The van der Waals surface area contributed by atoms with E-state index < -0.39 is 36.1 Å². The monoisotopic (exact) mass is 525 g/mol. The van der Waals surface area contributed by atoms with Crippen LogP contribution in [0.4, 0.5) is 16.2 Å². The van der Waals surface area contributed by atoms with Crippen LogP contribution in [0.3, 0.4) is 0 Å². The average Bonchev–Trinajstić information content (AvgIpc) is 2.71. The molecule has 190 valence electrons. The minimum atomic E-state index is -4.72. The maximum absolute atomic E-state index is 11.9. The van der Waals surface area contributed by atoms with Crippen LogP contribution in [0.25, 0.3) is 12.2 Å². The molecule has 0 unspecified atom stereocenters. The van der Waals surface area contributed by atoms with E-state index in [4.69, 9.17) is 0 Å². The molecule has 13 heteroatoms. The van der Waals surface area contributed by atoms with Crippen molar-refractivity contribution < 1.29 is 35.5 Å². The molecule has 2 aromatic carbocycles. The fourth-order valence-electron chi connectivity index (χ4n) is 2.84. The minimum absolute atomic E-state index is 0.00477. The van der Waals surface area contributed by atoms with Crippen LogP contribution in [-0.2, 0) is 25.0 Å². The van der Waals surface area contributed by atoms with Gasteiger partial charge in [-0.2, -0.15) is 16.8 Å². The van der Waals surface area contributed by atoms with Gasteiger partial charge in [-0.25, -0.2) is 4.79 Å². The number of anilines is 2. The van der Waals surface area contributed by atoms with Gasteiger partial charge in [0.2, 0.25) is 5.91 Å². The predicted molar refractivity (Wildman–Crippen MR) is 132 cm³/mol. The maximum atomic E-state index is 11.9. The van der Waals surface area contributed by atoms with Gasteiger partial charge >= 0.3 is 6.03 Å². The first kappa shape index (κ1) is 28.0. The Labute approximate surface area is 204 Å². The van der Waals surface area contributed by atoms with E-state index in [1.807, 2.05) is 0 Å². The summed E-state index contributed by atoms with van der Waals surface area (Å²) in [6, 6.07) is 6.79. The Bertz CT molecular complexity index is 1370. The van der Waals surface area contributed by atoms with E-state index in [0.717, 1.165) is 12.1 Å². The van der Waals surface area contributed by atoms with Crippen LogP contribution in [0.2, 0.25) is 0 Å². The molecule has 3 amide bonds. The molecule has 2 aromatic rings. The maximum Gasteiger partial charge on any atom is 0.319 e. The number of carbonyl (C=O) groups is 2. The van der Waals surface area contributed by atoms with Crippen molar-refractivity contribution in [2.45, 2.75) is 43.5 Å². The first-order valence-electron chi connectivity index (χ1n) is 10.4. The molecule has 2 rings (SSSR count). The van der Waals surface area contributed by atoms with E-state index >= 15 is 0 Å². The van der Waals surface area contributed by atoms with Crippen molar-refractivity contribution in [3.05, 3.63) is 47.5 Å². The van der Waals surface area contributed by atoms with Gasteiger partial charge in [0.25, 0.3) is 20.2 Å². The normalized spacial score (nSPS) is 12.2. The number of carbonyl (C=O) groups excluding carboxylic acids is 2. The zero-order valence-corrected chi connectivity index (χ0v) is 21.1. The smallest absolute Gasteiger partial charge is 0.319 e. The average molecular weight is 526 g/mol. The number of benzene rings is 2. The number of urea groups is 1. The van der Waals surface area contributed by atoms with Crippen LogP contribution in [0, 0.1) is 5.92 Å². The number of amides is 3. The highest BCUT2D eigenvalue weighted by molar-refractivity contribution is 7.86. The number of hydrogen-bond acceptors (Lipinski definition) is 6. The van der Waals surface area contributed by atoms with Crippen LogP contribution in [0.5, 0.6) is 0 Å². The van der Waals surface area contributed by atoms with E-state index in [-0.39, 0.29) is 40.4 Å². The molecule has 5 N–H and O–H groups in total. The summed E-state index contributed by atoms with van der Waals surface area (Å²) in [6.45, 7) is 6.78. The molecule has 0 aliphatic heterocycles. The third-order valence-electron chi connectivity index (χ3n) is 4.49. The van der Waals surface area contributed by atoms with Gasteiger partial charge in [-0.15, -0.1) is 0 Å². The van der Waals surface area contributed by atoms with Crippen molar-refractivity contribution in [3.8, 4) is 0 Å². The Balaban J connectivity index is 2.47. The summed E-state index contributed by atoms with van der Waals surface area (Å²) in [4.78, 5) is 22.7. The largest absolute Gasteiger partial charge is 0.336 e. The van der Waals surface area contributed by atoms with Gasteiger partial charge in [-0.3, -0.25) is 13.9 Å². The molecule has 0 aliphatic carbocycles. The number of rotatable bonds is 8. The second kappa shape index (κ2) is 11.0.